The molecule has 2 heterocycles. The Morgan fingerprint density at radius 3 is 2.77 bits per heavy atom. The van der Waals surface area contributed by atoms with E-state index in [4.69, 9.17) is 15.2 Å². The molecule has 2 saturated carbocycles. The van der Waals surface area contributed by atoms with Crippen LogP contribution >= 0.6 is 0 Å². The summed E-state index contributed by atoms with van der Waals surface area (Å²) in [5, 5.41) is 14.2. The van der Waals surface area contributed by atoms with Gasteiger partial charge in [-0.3, -0.25) is 4.79 Å². The van der Waals surface area contributed by atoms with Crippen molar-refractivity contribution in [2.24, 2.45) is 28.9 Å². The van der Waals surface area contributed by atoms with Crippen molar-refractivity contribution in [2.45, 2.75) is 95.2 Å². The first-order valence-electron chi connectivity index (χ1n) is 15.5. The van der Waals surface area contributed by atoms with Gasteiger partial charge in [0.1, 0.15) is 6.10 Å². The molecule has 39 heavy (non-hydrogen) atoms. The monoisotopic (exact) mass is 540 g/mol. The maximum absolute atomic E-state index is 12.9. The fraction of sp³-hybridized carbons (Fsp3) is 0.781. The van der Waals surface area contributed by atoms with E-state index in [0.29, 0.717) is 43.2 Å². The Morgan fingerprint density at radius 1 is 1.26 bits per heavy atom. The normalized spacial score (nSPS) is 37.4. The van der Waals surface area contributed by atoms with Gasteiger partial charge in [-0.05, 0) is 62.0 Å². The van der Waals surface area contributed by atoms with Crippen molar-refractivity contribution in [1.82, 2.24) is 5.32 Å². The highest BCUT2D eigenvalue weighted by Crippen LogP contribution is 2.70. The van der Waals surface area contributed by atoms with Crippen LogP contribution in [0.4, 0.5) is 0 Å². The maximum Gasteiger partial charge on any atom is 0.236 e. The third-order valence-electron chi connectivity index (χ3n) is 11.4. The van der Waals surface area contributed by atoms with Crippen LogP contribution in [0.5, 0.6) is 11.5 Å². The van der Waals surface area contributed by atoms with Crippen LogP contribution in [0.15, 0.2) is 12.1 Å². The fourth-order valence-electron chi connectivity index (χ4n) is 9.74. The zero-order valence-corrected chi connectivity index (χ0v) is 24.5. The summed E-state index contributed by atoms with van der Waals surface area (Å²) in [4.78, 5) is 12.9. The Kier molecular flexibility index (Phi) is 6.95. The fourth-order valence-corrected chi connectivity index (χ4v) is 9.74. The van der Waals surface area contributed by atoms with Gasteiger partial charge in [-0.1, -0.05) is 26.3 Å². The minimum absolute atomic E-state index is 0.0151. The molecule has 4 N–H and O–H groups in total. The standard InChI is InChI=1S/C32H49N3O4/c1-20(2)14-24(33)30(37)34-17-22-6-5-11-31(16-22)26-15-23-9-10-25(36)29-28(23)32(31,27(39-29)19-38-4)12-13-35(26,3)18-21-7-8-21/h9-10,20-22,24,26-27H,5-8,11-19,33H2,1-4H3,(H-,34,36,37)/p+1. The first-order chi connectivity index (χ1) is 18.6. The molecule has 1 amide bonds. The molecule has 1 aromatic rings. The van der Waals surface area contributed by atoms with Crippen LogP contribution in [0.25, 0.3) is 0 Å². The number of likely N-dealkylation sites (tertiary alicyclic amines) is 1. The molecular formula is C32H50N3O4+. The van der Waals surface area contributed by atoms with Gasteiger partial charge in [0.2, 0.25) is 5.91 Å². The van der Waals surface area contributed by atoms with Gasteiger partial charge in [0.15, 0.2) is 11.5 Å². The van der Waals surface area contributed by atoms with E-state index < -0.39 is 6.04 Å². The number of nitrogens with two attached hydrogens (primary N) is 1. The van der Waals surface area contributed by atoms with Crippen LogP contribution in [0.3, 0.4) is 0 Å². The summed E-state index contributed by atoms with van der Waals surface area (Å²) in [5.74, 6) is 2.62. The molecule has 216 valence electrons. The van der Waals surface area contributed by atoms with Crippen molar-refractivity contribution < 1.29 is 23.9 Å². The highest BCUT2D eigenvalue weighted by atomic mass is 16.5. The number of likely N-dealkylation sites (N-methyl/N-ethyl adjacent to an activating group) is 1. The van der Waals surface area contributed by atoms with Crippen LogP contribution in [0, 0.1) is 23.2 Å². The van der Waals surface area contributed by atoms with E-state index >= 15 is 0 Å². The lowest BCUT2D eigenvalue weighted by molar-refractivity contribution is -0.951. The van der Waals surface area contributed by atoms with Gasteiger partial charge in [0.25, 0.3) is 0 Å². The Morgan fingerprint density at radius 2 is 2.05 bits per heavy atom. The number of hydrogen-bond acceptors (Lipinski definition) is 5. The van der Waals surface area contributed by atoms with Gasteiger partial charge < -0.3 is 30.1 Å². The molecule has 1 saturated heterocycles. The Labute approximate surface area is 234 Å². The molecule has 7 unspecified atom stereocenters. The number of nitrogens with zero attached hydrogens (tertiary/aromatic N) is 1. The van der Waals surface area contributed by atoms with Crippen LogP contribution in [-0.2, 0) is 21.4 Å². The highest BCUT2D eigenvalue weighted by Gasteiger charge is 2.74. The van der Waals surface area contributed by atoms with E-state index in [2.05, 4.69) is 32.3 Å². The van der Waals surface area contributed by atoms with E-state index in [9.17, 15) is 9.90 Å². The summed E-state index contributed by atoms with van der Waals surface area (Å²) in [6.07, 6.45) is 9.98. The minimum atomic E-state index is -0.444. The number of hydrogen-bond donors (Lipinski definition) is 3. The average molecular weight is 541 g/mol. The van der Waals surface area contributed by atoms with Crippen LogP contribution in [0.1, 0.15) is 76.3 Å². The number of aromatic hydroxyl groups is 1. The molecule has 7 atom stereocenters. The number of methoxy groups -OCH3 is 1. The van der Waals surface area contributed by atoms with Gasteiger partial charge in [0, 0.05) is 43.4 Å². The molecule has 3 aliphatic carbocycles. The van der Waals surface area contributed by atoms with E-state index in [1.54, 1.807) is 7.11 Å². The van der Waals surface area contributed by atoms with Gasteiger partial charge in [-0.15, -0.1) is 0 Å². The zero-order valence-electron chi connectivity index (χ0n) is 24.5. The molecule has 0 radical (unpaired) electrons. The van der Waals surface area contributed by atoms with Crippen LogP contribution in [0.2, 0.25) is 0 Å². The quantitative estimate of drug-likeness (QED) is 0.413. The first kappa shape index (κ1) is 27.3. The molecule has 6 rings (SSSR count). The number of rotatable bonds is 9. The molecule has 2 aliphatic heterocycles. The smallest absolute Gasteiger partial charge is 0.236 e. The number of benzene rings is 1. The molecule has 5 aliphatic rings. The number of ether oxygens (including phenoxy) is 2. The van der Waals surface area contributed by atoms with E-state index in [1.807, 2.05) is 6.07 Å². The Hall–Kier alpha value is -1.83. The van der Waals surface area contributed by atoms with E-state index in [-0.39, 0.29) is 28.6 Å². The Bertz CT molecular complexity index is 1110. The summed E-state index contributed by atoms with van der Waals surface area (Å²) in [6, 6.07) is 4.07. The van der Waals surface area contributed by atoms with E-state index in [1.165, 1.54) is 36.9 Å². The number of carbonyl (C=O) groups excluding carboxylic acids is 1. The lowest BCUT2D eigenvalue weighted by Gasteiger charge is -2.67. The number of piperidine rings is 1. The predicted molar refractivity (Wildman–Crippen MR) is 152 cm³/mol. The molecule has 1 aromatic carbocycles. The summed E-state index contributed by atoms with van der Waals surface area (Å²) >= 11 is 0. The van der Waals surface area contributed by atoms with Crippen molar-refractivity contribution in [2.75, 3.05) is 40.4 Å². The highest BCUT2D eigenvalue weighted by molar-refractivity contribution is 5.81. The second-order valence-corrected chi connectivity index (χ2v) is 14.4. The van der Waals surface area contributed by atoms with Crippen molar-refractivity contribution in [3.8, 4) is 11.5 Å². The number of quaternary nitrogens is 1. The summed E-state index contributed by atoms with van der Waals surface area (Å²) in [6.45, 7) is 7.85. The maximum atomic E-state index is 12.9. The largest absolute Gasteiger partial charge is 0.504 e. The van der Waals surface area contributed by atoms with Crippen LogP contribution in [-0.4, -0.2) is 74.1 Å². The van der Waals surface area contributed by atoms with Crippen molar-refractivity contribution in [1.29, 1.82) is 0 Å². The zero-order chi connectivity index (χ0) is 27.6. The molecule has 3 fully saturated rings. The number of phenolic OH excluding ortho intramolecular Hbond substituents is 1. The van der Waals surface area contributed by atoms with Gasteiger partial charge >= 0.3 is 0 Å². The second-order valence-electron chi connectivity index (χ2n) is 14.4. The predicted octanol–water partition coefficient (Wildman–Crippen LogP) is 3.89. The van der Waals surface area contributed by atoms with Crippen LogP contribution < -0.4 is 15.8 Å². The number of phenols is 1. The third kappa shape index (κ3) is 4.29. The van der Waals surface area contributed by atoms with Crippen molar-refractivity contribution in [3.05, 3.63) is 23.3 Å². The SMILES string of the molecule is COCC1Oc2c(O)ccc3c2C12CC[N+](C)(CC1CC1)C(C3)C21CCCC(CNC(=O)C(N)CC(C)C)C1. The molecule has 2 bridgehead atoms. The Balaban J connectivity index is 1.38. The molecule has 0 aromatic heterocycles. The number of amides is 1. The van der Waals surface area contributed by atoms with Crippen molar-refractivity contribution in [3.63, 3.8) is 0 Å². The first-order valence-corrected chi connectivity index (χ1v) is 15.5. The van der Waals surface area contributed by atoms with Gasteiger partial charge in [-0.2, -0.15) is 0 Å². The molecular weight excluding hydrogens is 490 g/mol. The summed E-state index contributed by atoms with van der Waals surface area (Å²) < 4.78 is 13.7. The van der Waals surface area contributed by atoms with Gasteiger partial charge in [0.05, 0.1) is 44.2 Å². The second kappa shape index (κ2) is 9.92. The summed E-state index contributed by atoms with van der Waals surface area (Å²) in [5.41, 5.74) is 8.75. The lowest BCUT2D eigenvalue weighted by atomic mass is 9.42. The summed E-state index contributed by atoms with van der Waals surface area (Å²) in [7, 11) is 4.30. The topological polar surface area (TPSA) is 93.8 Å². The molecule has 2 spiro atoms. The minimum Gasteiger partial charge on any atom is -0.504 e. The number of nitrogens with one attached hydrogen (secondary N) is 1. The third-order valence-corrected chi connectivity index (χ3v) is 11.4. The van der Waals surface area contributed by atoms with E-state index in [0.717, 1.165) is 49.0 Å². The number of carbonyl (C=O) groups is 1. The molecule has 7 heteroatoms. The van der Waals surface area contributed by atoms with Gasteiger partial charge in [-0.25, -0.2) is 0 Å². The lowest BCUT2D eigenvalue weighted by Crippen LogP contribution is -2.76. The average Bonchev–Trinajstić information content (AvgIpc) is 3.63. The molecule has 7 nitrogen and oxygen atoms in total. The van der Waals surface area contributed by atoms with Crippen molar-refractivity contribution >= 4 is 5.91 Å².